The molecular formula is C17H19BrFNO. The maximum Gasteiger partial charge on any atom is 0.127 e. The Labute approximate surface area is 133 Å². The number of ether oxygens (including phenoxy) is 1. The number of rotatable bonds is 6. The summed E-state index contributed by atoms with van der Waals surface area (Å²) < 4.78 is 20.1. The Morgan fingerprint density at radius 1 is 1.14 bits per heavy atom. The minimum absolute atomic E-state index is 0.150. The first kappa shape index (κ1) is 16.0. The second-order valence-electron chi connectivity index (χ2n) is 4.94. The predicted molar refractivity (Wildman–Crippen MR) is 87.3 cm³/mol. The molecule has 0 spiro atoms. The van der Waals surface area contributed by atoms with Gasteiger partial charge >= 0.3 is 0 Å². The molecule has 1 unspecified atom stereocenters. The largest absolute Gasteiger partial charge is 0.496 e. The third-order valence-electron chi connectivity index (χ3n) is 3.55. The van der Waals surface area contributed by atoms with Crippen molar-refractivity contribution in [3.63, 3.8) is 0 Å². The van der Waals surface area contributed by atoms with Crippen LogP contribution >= 0.6 is 15.9 Å². The minimum atomic E-state index is -0.176. The van der Waals surface area contributed by atoms with Gasteiger partial charge in [-0.2, -0.15) is 0 Å². The SMILES string of the molecule is CNC(Cc1ccc(Br)cc1F)Cc1ccccc1OC. The van der Waals surface area contributed by atoms with E-state index in [0.717, 1.165) is 22.2 Å². The van der Waals surface area contributed by atoms with E-state index >= 15 is 0 Å². The fourth-order valence-corrected chi connectivity index (χ4v) is 2.70. The molecule has 0 amide bonds. The van der Waals surface area contributed by atoms with E-state index < -0.39 is 0 Å². The topological polar surface area (TPSA) is 21.3 Å². The summed E-state index contributed by atoms with van der Waals surface area (Å²) in [6.07, 6.45) is 1.42. The molecule has 0 fully saturated rings. The van der Waals surface area contributed by atoms with Crippen molar-refractivity contribution >= 4 is 15.9 Å². The van der Waals surface area contributed by atoms with Crippen molar-refractivity contribution in [2.75, 3.05) is 14.2 Å². The molecule has 2 rings (SSSR count). The van der Waals surface area contributed by atoms with Crippen LogP contribution in [0.2, 0.25) is 0 Å². The number of methoxy groups -OCH3 is 1. The highest BCUT2D eigenvalue weighted by Gasteiger charge is 2.14. The molecule has 2 aromatic rings. The molecule has 0 aliphatic carbocycles. The molecular weight excluding hydrogens is 333 g/mol. The summed E-state index contributed by atoms with van der Waals surface area (Å²) in [5.74, 6) is 0.693. The van der Waals surface area contributed by atoms with Gasteiger partial charge in [0.05, 0.1) is 7.11 Å². The molecule has 0 saturated carbocycles. The highest BCUT2D eigenvalue weighted by Crippen LogP contribution is 2.21. The smallest absolute Gasteiger partial charge is 0.127 e. The van der Waals surface area contributed by atoms with E-state index in [1.165, 1.54) is 6.07 Å². The van der Waals surface area contributed by atoms with E-state index in [-0.39, 0.29) is 11.9 Å². The molecule has 0 heterocycles. The van der Waals surface area contributed by atoms with Gasteiger partial charge in [0.2, 0.25) is 0 Å². The lowest BCUT2D eigenvalue weighted by Crippen LogP contribution is -2.30. The average molecular weight is 352 g/mol. The molecule has 112 valence electrons. The summed E-state index contributed by atoms with van der Waals surface area (Å²) in [4.78, 5) is 0. The summed E-state index contributed by atoms with van der Waals surface area (Å²) in [5, 5.41) is 3.26. The molecule has 1 atom stereocenters. The first-order valence-electron chi connectivity index (χ1n) is 6.87. The van der Waals surface area contributed by atoms with Crippen LogP contribution in [0, 0.1) is 5.82 Å². The lowest BCUT2D eigenvalue weighted by atomic mass is 9.98. The monoisotopic (exact) mass is 351 g/mol. The van der Waals surface area contributed by atoms with Crippen LogP contribution in [0.15, 0.2) is 46.9 Å². The van der Waals surface area contributed by atoms with Gasteiger partial charge in [0.15, 0.2) is 0 Å². The van der Waals surface area contributed by atoms with Crippen LogP contribution in [0.25, 0.3) is 0 Å². The summed E-state index contributed by atoms with van der Waals surface area (Å²) in [6.45, 7) is 0. The zero-order valence-electron chi connectivity index (χ0n) is 12.2. The van der Waals surface area contributed by atoms with Crippen molar-refractivity contribution < 1.29 is 9.13 Å². The van der Waals surface area contributed by atoms with Crippen LogP contribution in [0.1, 0.15) is 11.1 Å². The molecule has 2 nitrogen and oxygen atoms in total. The van der Waals surface area contributed by atoms with E-state index in [9.17, 15) is 4.39 Å². The molecule has 1 N–H and O–H groups in total. The molecule has 0 aromatic heterocycles. The second kappa shape index (κ2) is 7.57. The van der Waals surface area contributed by atoms with Gasteiger partial charge in [0.25, 0.3) is 0 Å². The lowest BCUT2D eigenvalue weighted by Gasteiger charge is -2.18. The number of para-hydroxylation sites is 1. The normalized spacial score (nSPS) is 12.2. The van der Waals surface area contributed by atoms with E-state index in [0.29, 0.717) is 12.0 Å². The Morgan fingerprint density at radius 2 is 1.86 bits per heavy atom. The molecule has 4 heteroatoms. The van der Waals surface area contributed by atoms with Crippen molar-refractivity contribution in [2.45, 2.75) is 18.9 Å². The molecule has 0 aliphatic rings. The molecule has 0 bridgehead atoms. The van der Waals surface area contributed by atoms with Gasteiger partial charge in [-0.1, -0.05) is 40.2 Å². The van der Waals surface area contributed by atoms with Crippen molar-refractivity contribution in [3.05, 3.63) is 63.9 Å². The quantitative estimate of drug-likeness (QED) is 0.850. The van der Waals surface area contributed by atoms with Crippen molar-refractivity contribution in [2.24, 2.45) is 0 Å². The Bertz CT molecular complexity index is 603. The highest BCUT2D eigenvalue weighted by molar-refractivity contribution is 9.10. The Kier molecular flexibility index (Phi) is 5.76. The zero-order chi connectivity index (χ0) is 15.2. The molecule has 0 saturated heterocycles. The van der Waals surface area contributed by atoms with Crippen LogP contribution in [0.4, 0.5) is 4.39 Å². The van der Waals surface area contributed by atoms with E-state index in [4.69, 9.17) is 4.74 Å². The van der Waals surface area contributed by atoms with Crippen LogP contribution in [-0.2, 0) is 12.8 Å². The highest BCUT2D eigenvalue weighted by atomic mass is 79.9. The summed E-state index contributed by atoms with van der Waals surface area (Å²) >= 11 is 3.28. The average Bonchev–Trinajstić information content (AvgIpc) is 2.49. The van der Waals surface area contributed by atoms with Crippen molar-refractivity contribution in [1.29, 1.82) is 0 Å². The fourth-order valence-electron chi connectivity index (χ4n) is 2.37. The van der Waals surface area contributed by atoms with Crippen LogP contribution in [-0.4, -0.2) is 20.2 Å². The number of hydrogen-bond acceptors (Lipinski definition) is 2. The Morgan fingerprint density at radius 3 is 2.52 bits per heavy atom. The first-order chi connectivity index (χ1) is 10.1. The molecule has 21 heavy (non-hydrogen) atoms. The summed E-state index contributed by atoms with van der Waals surface area (Å²) in [6, 6.07) is 13.3. The van der Waals surface area contributed by atoms with Gasteiger partial charge in [-0.25, -0.2) is 4.39 Å². The maximum absolute atomic E-state index is 13.9. The third kappa shape index (κ3) is 4.29. The Balaban J connectivity index is 2.13. The van der Waals surface area contributed by atoms with Gasteiger partial charge < -0.3 is 10.1 Å². The summed E-state index contributed by atoms with van der Waals surface area (Å²) in [7, 11) is 3.57. The van der Waals surface area contributed by atoms with Crippen molar-refractivity contribution in [1.82, 2.24) is 5.32 Å². The number of likely N-dealkylation sites (N-methyl/N-ethyl adjacent to an activating group) is 1. The Hall–Kier alpha value is -1.39. The third-order valence-corrected chi connectivity index (χ3v) is 4.04. The van der Waals surface area contributed by atoms with Crippen LogP contribution < -0.4 is 10.1 Å². The van der Waals surface area contributed by atoms with E-state index in [1.54, 1.807) is 7.11 Å². The zero-order valence-corrected chi connectivity index (χ0v) is 13.8. The number of benzene rings is 2. The molecule has 0 radical (unpaired) electrons. The summed E-state index contributed by atoms with van der Waals surface area (Å²) in [5.41, 5.74) is 1.84. The maximum atomic E-state index is 13.9. The van der Waals surface area contributed by atoms with Gasteiger partial charge in [-0.15, -0.1) is 0 Å². The number of halogens is 2. The van der Waals surface area contributed by atoms with Crippen LogP contribution in [0.5, 0.6) is 5.75 Å². The minimum Gasteiger partial charge on any atom is -0.496 e. The van der Waals surface area contributed by atoms with Gasteiger partial charge in [0.1, 0.15) is 11.6 Å². The standard InChI is InChI=1S/C17H19BrFNO/c1-20-15(9-12-7-8-14(18)11-16(12)19)10-13-5-3-4-6-17(13)21-2/h3-8,11,15,20H,9-10H2,1-2H3. The van der Waals surface area contributed by atoms with E-state index in [2.05, 4.69) is 21.2 Å². The lowest BCUT2D eigenvalue weighted by molar-refractivity contribution is 0.405. The van der Waals surface area contributed by atoms with E-state index in [1.807, 2.05) is 43.4 Å². The van der Waals surface area contributed by atoms with Gasteiger partial charge in [0, 0.05) is 10.5 Å². The molecule has 2 aromatic carbocycles. The van der Waals surface area contributed by atoms with Crippen molar-refractivity contribution in [3.8, 4) is 5.75 Å². The molecule has 0 aliphatic heterocycles. The number of hydrogen-bond donors (Lipinski definition) is 1. The van der Waals surface area contributed by atoms with Crippen LogP contribution in [0.3, 0.4) is 0 Å². The predicted octanol–water partition coefficient (Wildman–Crippen LogP) is 3.97. The first-order valence-corrected chi connectivity index (χ1v) is 7.66. The second-order valence-corrected chi connectivity index (χ2v) is 5.86. The number of nitrogens with one attached hydrogen (secondary N) is 1. The van der Waals surface area contributed by atoms with Gasteiger partial charge in [-0.3, -0.25) is 0 Å². The van der Waals surface area contributed by atoms with Gasteiger partial charge in [-0.05, 0) is 49.2 Å². The fraction of sp³-hybridized carbons (Fsp3) is 0.294.